The normalized spacial score (nSPS) is 26.6. The van der Waals surface area contributed by atoms with Crippen molar-refractivity contribution in [3.05, 3.63) is 47.5 Å². The molecule has 0 spiro atoms. The van der Waals surface area contributed by atoms with E-state index in [-0.39, 0.29) is 0 Å². The lowest BCUT2D eigenvalue weighted by molar-refractivity contribution is -0.119. The van der Waals surface area contributed by atoms with Crippen molar-refractivity contribution in [3.63, 3.8) is 0 Å². The smallest absolute Gasteiger partial charge is 0.140 e. The van der Waals surface area contributed by atoms with Crippen LogP contribution in [0.1, 0.15) is 50.0 Å². The molecular formula is C17H20O. The predicted octanol–water partition coefficient (Wildman–Crippen LogP) is 4.25. The van der Waals surface area contributed by atoms with Crippen LogP contribution in [0.25, 0.3) is 0 Å². The fourth-order valence-corrected chi connectivity index (χ4v) is 3.04. The van der Waals surface area contributed by atoms with Crippen molar-refractivity contribution < 1.29 is 4.79 Å². The van der Waals surface area contributed by atoms with Crippen molar-refractivity contribution in [1.29, 1.82) is 0 Å². The lowest BCUT2D eigenvalue weighted by atomic mass is 9.94. The number of hydrogen-bond acceptors (Lipinski definition) is 1. The van der Waals surface area contributed by atoms with E-state index >= 15 is 0 Å². The fourth-order valence-electron chi connectivity index (χ4n) is 3.04. The zero-order valence-electron chi connectivity index (χ0n) is 10.8. The van der Waals surface area contributed by atoms with Gasteiger partial charge in [0.05, 0.1) is 0 Å². The van der Waals surface area contributed by atoms with Crippen molar-refractivity contribution in [2.24, 2.45) is 5.92 Å². The Hall–Kier alpha value is -1.37. The first-order valence-electron chi connectivity index (χ1n) is 7.10. The highest BCUT2D eigenvalue weighted by Gasteiger charge is 2.43. The van der Waals surface area contributed by atoms with Gasteiger partial charge in [-0.1, -0.05) is 42.0 Å². The van der Waals surface area contributed by atoms with Crippen molar-refractivity contribution in [2.75, 3.05) is 0 Å². The van der Waals surface area contributed by atoms with Gasteiger partial charge in [0.2, 0.25) is 0 Å². The molecule has 0 amide bonds. The van der Waals surface area contributed by atoms with E-state index in [0.717, 1.165) is 12.8 Å². The second-order valence-electron chi connectivity index (χ2n) is 5.61. The van der Waals surface area contributed by atoms with Crippen LogP contribution in [-0.4, -0.2) is 5.78 Å². The van der Waals surface area contributed by atoms with Crippen LogP contribution in [-0.2, 0) is 4.79 Å². The van der Waals surface area contributed by atoms with Gasteiger partial charge in [0, 0.05) is 12.3 Å². The van der Waals surface area contributed by atoms with Crippen LogP contribution >= 0.6 is 0 Å². The van der Waals surface area contributed by atoms with Crippen LogP contribution in [0.5, 0.6) is 0 Å². The minimum Gasteiger partial charge on any atom is -0.299 e. The minimum atomic E-state index is 0.301. The van der Waals surface area contributed by atoms with E-state index in [1.165, 1.54) is 30.4 Å². The highest BCUT2D eigenvalue weighted by atomic mass is 16.1. The average molecular weight is 240 g/mol. The maximum Gasteiger partial charge on any atom is 0.140 e. The first-order chi connectivity index (χ1) is 8.84. The van der Waals surface area contributed by atoms with Gasteiger partial charge < -0.3 is 0 Å². The third-order valence-corrected chi connectivity index (χ3v) is 4.22. The molecule has 0 radical (unpaired) electrons. The molecule has 0 N–H and O–H groups in total. The number of Topliss-reactive ketones (excluding diaryl/α,β-unsaturated/α-hetero) is 1. The molecule has 2 unspecified atom stereocenters. The van der Waals surface area contributed by atoms with Crippen molar-refractivity contribution in [3.8, 4) is 0 Å². The number of carbonyl (C=O) groups excluding carboxylic acids is 1. The lowest BCUT2D eigenvalue weighted by Gasteiger charge is -2.11. The van der Waals surface area contributed by atoms with Gasteiger partial charge in [-0.25, -0.2) is 0 Å². The lowest BCUT2D eigenvalue weighted by Crippen LogP contribution is -2.05. The van der Waals surface area contributed by atoms with Crippen LogP contribution in [0.3, 0.4) is 0 Å². The molecule has 94 valence electrons. The van der Waals surface area contributed by atoms with Crippen LogP contribution in [0.2, 0.25) is 0 Å². The van der Waals surface area contributed by atoms with Gasteiger partial charge in [-0.3, -0.25) is 4.79 Å². The summed E-state index contributed by atoms with van der Waals surface area (Å²) in [6, 6.07) is 10.5. The van der Waals surface area contributed by atoms with Crippen LogP contribution in [0, 0.1) is 5.92 Å². The van der Waals surface area contributed by atoms with Crippen LogP contribution < -0.4 is 0 Å². The molecule has 0 bridgehead atoms. The Morgan fingerprint density at radius 3 is 2.72 bits per heavy atom. The molecule has 0 aromatic heterocycles. The zero-order valence-corrected chi connectivity index (χ0v) is 10.8. The minimum absolute atomic E-state index is 0.301. The van der Waals surface area contributed by atoms with Crippen LogP contribution in [0.4, 0.5) is 0 Å². The molecule has 1 nitrogen and oxygen atoms in total. The zero-order chi connectivity index (χ0) is 12.4. The molecule has 1 fully saturated rings. The average Bonchev–Trinajstić information content (AvgIpc) is 3.21. The van der Waals surface area contributed by atoms with E-state index < -0.39 is 0 Å². The molecule has 2 aliphatic rings. The molecule has 0 saturated heterocycles. The first kappa shape index (κ1) is 11.7. The molecular weight excluding hydrogens is 220 g/mol. The summed E-state index contributed by atoms with van der Waals surface area (Å²) in [6.07, 6.45) is 8.97. The Balaban J connectivity index is 1.58. The predicted molar refractivity (Wildman–Crippen MR) is 73.5 cm³/mol. The van der Waals surface area contributed by atoms with Gasteiger partial charge in [0.1, 0.15) is 5.78 Å². The molecule has 1 saturated carbocycles. The topological polar surface area (TPSA) is 17.1 Å². The Morgan fingerprint density at radius 2 is 2.00 bits per heavy atom. The Bertz CT molecular complexity index is 458. The maximum atomic E-state index is 12.2. The quantitative estimate of drug-likeness (QED) is 0.719. The van der Waals surface area contributed by atoms with E-state index in [0.29, 0.717) is 24.0 Å². The van der Waals surface area contributed by atoms with E-state index in [9.17, 15) is 4.79 Å². The largest absolute Gasteiger partial charge is 0.299 e. The number of ketones is 1. The summed E-state index contributed by atoms with van der Waals surface area (Å²) >= 11 is 0. The Labute approximate surface area is 109 Å². The van der Waals surface area contributed by atoms with E-state index in [1.54, 1.807) is 0 Å². The Morgan fingerprint density at radius 1 is 1.17 bits per heavy atom. The second-order valence-corrected chi connectivity index (χ2v) is 5.61. The molecule has 0 aliphatic heterocycles. The third kappa shape index (κ3) is 2.55. The third-order valence-electron chi connectivity index (χ3n) is 4.22. The van der Waals surface area contributed by atoms with Gasteiger partial charge in [-0.05, 0) is 43.6 Å². The van der Waals surface area contributed by atoms with Gasteiger partial charge in [-0.15, -0.1) is 0 Å². The molecule has 3 rings (SSSR count). The molecule has 18 heavy (non-hydrogen) atoms. The number of benzene rings is 1. The number of rotatable bonds is 4. The van der Waals surface area contributed by atoms with Crippen LogP contribution in [0.15, 0.2) is 42.0 Å². The SMILES string of the molecule is O=C(CC1=CCCCC1)C1CC1c1ccccc1. The highest BCUT2D eigenvalue weighted by molar-refractivity contribution is 5.87. The van der Waals surface area contributed by atoms with Gasteiger partial charge in [0.25, 0.3) is 0 Å². The van der Waals surface area contributed by atoms with Gasteiger partial charge >= 0.3 is 0 Å². The fraction of sp³-hybridized carbons (Fsp3) is 0.471. The number of allylic oxidation sites excluding steroid dienone is 2. The number of carbonyl (C=O) groups is 1. The summed E-state index contributed by atoms with van der Waals surface area (Å²) in [5.74, 6) is 1.27. The molecule has 1 heteroatoms. The summed E-state index contributed by atoms with van der Waals surface area (Å²) in [5, 5.41) is 0. The van der Waals surface area contributed by atoms with E-state index in [1.807, 2.05) is 6.07 Å². The van der Waals surface area contributed by atoms with E-state index in [2.05, 4.69) is 30.3 Å². The molecule has 1 aromatic carbocycles. The van der Waals surface area contributed by atoms with E-state index in [4.69, 9.17) is 0 Å². The molecule has 2 aliphatic carbocycles. The summed E-state index contributed by atoms with van der Waals surface area (Å²) in [6.45, 7) is 0. The van der Waals surface area contributed by atoms with Crippen molar-refractivity contribution in [2.45, 2.75) is 44.4 Å². The summed E-state index contributed by atoms with van der Waals surface area (Å²) in [7, 11) is 0. The second kappa shape index (κ2) is 5.09. The summed E-state index contributed by atoms with van der Waals surface area (Å²) < 4.78 is 0. The van der Waals surface area contributed by atoms with Gasteiger partial charge in [0.15, 0.2) is 0 Å². The monoisotopic (exact) mass is 240 g/mol. The van der Waals surface area contributed by atoms with Crippen molar-refractivity contribution in [1.82, 2.24) is 0 Å². The standard InChI is InChI=1S/C17H20O/c18-17(11-13-7-3-1-4-8-13)16-12-15(16)14-9-5-2-6-10-14/h2,5-7,9-10,15-16H,1,3-4,8,11-12H2. The van der Waals surface area contributed by atoms with Crippen molar-refractivity contribution >= 4 is 5.78 Å². The maximum absolute atomic E-state index is 12.2. The molecule has 1 aromatic rings. The summed E-state index contributed by atoms with van der Waals surface area (Å²) in [4.78, 5) is 12.2. The van der Waals surface area contributed by atoms with Gasteiger partial charge in [-0.2, -0.15) is 0 Å². The summed E-state index contributed by atoms with van der Waals surface area (Å²) in [5.41, 5.74) is 2.73. The number of hydrogen-bond donors (Lipinski definition) is 0. The highest BCUT2D eigenvalue weighted by Crippen LogP contribution is 2.48. The first-order valence-corrected chi connectivity index (χ1v) is 7.10. The molecule has 0 heterocycles. The Kier molecular flexibility index (Phi) is 3.31. The molecule has 2 atom stereocenters.